The topological polar surface area (TPSA) is 104 Å². The third kappa shape index (κ3) is 4.46. The summed E-state index contributed by atoms with van der Waals surface area (Å²) >= 11 is 0. The van der Waals surface area contributed by atoms with Gasteiger partial charge in [-0.1, -0.05) is 37.3 Å². The minimum Gasteiger partial charge on any atom is -0.333 e. The van der Waals surface area contributed by atoms with E-state index in [0.29, 0.717) is 25.2 Å². The number of nitrogens with zero attached hydrogens (tertiary/aromatic N) is 2. The third-order valence-corrected chi connectivity index (χ3v) is 8.58. The van der Waals surface area contributed by atoms with E-state index in [-0.39, 0.29) is 30.5 Å². The second-order valence-electron chi connectivity index (χ2n) is 9.15. The fraction of sp³-hybridized carbons (Fsp3) is 0.591. The Bertz CT molecular complexity index is 970. The highest BCUT2D eigenvalue weighted by molar-refractivity contribution is 7.91. The van der Waals surface area contributed by atoms with Crippen LogP contribution in [0.15, 0.2) is 30.3 Å². The Kier molecular flexibility index (Phi) is 5.81. The molecule has 1 saturated carbocycles. The SMILES string of the molecule is CC1CCC2(CC1)NC(=O)N(CC(=O)N(Cc1ccccc1)C1CCS(=O)(=O)C1)C2=O. The van der Waals surface area contributed by atoms with Crippen molar-refractivity contribution < 1.29 is 22.8 Å². The minimum absolute atomic E-state index is 0.0423. The first-order valence-corrected chi connectivity index (χ1v) is 12.7. The van der Waals surface area contributed by atoms with Crippen molar-refractivity contribution in [3.63, 3.8) is 0 Å². The molecule has 1 atom stereocenters. The van der Waals surface area contributed by atoms with Crippen molar-refractivity contribution in [1.29, 1.82) is 0 Å². The lowest BCUT2D eigenvalue weighted by atomic mass is 9.77. The molecule has 31 heavy (non-hydrogen) atoms. The maximum Gasteiger partial charge on any atom is 0.325 e. The summed E-state index contributed by atoms with van der Waals surface area (Å²) in [6.07, 6.45) is 3.24. The van der Waals surface area contributed by atoms with Crippen molar-refractivity contribution in [2.45, 2.75) is 57.2 Å². The monoisotopic (exact) mass is 447 g/mol. The van der Waals surface area contributed by atoms with Crippen molar-refractivity contribution in [1.82, 2.24) is 15.1 Å². The lowest BCUT2D eigenvalue weighted by Crippen LogP contribution is -2.50. The van der Waals surface area contributed by atoms with Crippen molar-refractivity contribution in [2.75, 3.05) is 18.1 Å². The fourth-order valence-corrected chi connectivity index (χ4v) is 6.59. The van der Waals surface area contributed by atoms with Gasteiger partial charge in [0, 0.05) is 12.6 Å². The number of hydrogen-bond donors (Lipinski definition) is 1. The third-order valence-electron chi connectivity index (χ3n) is 6.83. The predicted octanol–water partition coefficient (Wildman–Crippen LogP) is 1.70. The van der Waals surface area contributed by atoms with Gasteiger partial charge in [-0.15, -0.1) is 0 Å². The molecule has 3 aliphatic rings. The van der Waals surface area contributed by atoms with E-state index in [1.54, 1.807) is 0 Å². The summed E-state index contributed by atoms with van der Waals surface area (Å²) in [5.41, 5.74) is -0.0275. The molecule has 0 radical (unpaired) electrons. The first-order chi connectivity index (χ1) is 14.7. The van der Waals surface area contributed by atoms with Gasteiger partial charge in [0.25, 0.3) is 5.91 Å². The molecule has 3 fully saturated rings. The molecule has 168 valence electrons. The van der Waals surface area contributed by atoms with E-state index in [4.69, 9.17) is 0 Å². The van der Waals surface area contributed by atoms with Crippen LogP contribution in [-0.2, 0) is 26.0 Å². The highest BCUT2D eigenvalue weighted by Crippen LogP contribution is 2.36. The average Bonchev–Trinajstić information content (AvgIpc) is 3.21. The normalized spacial score (nSPS) is 29.9. The molecule has 1 aromatic carbocycles. The number of carbonyl (C=O) groups is 3. The molecule has 2 aliphatic heterocycles. The largest absolute Gasteiger partial charge is 0.333 e. The zero-order valence-electron chi connectivity index (χ0n) is 17.7. The number of imide groups is 1. The van der Waals surface area contributed by atoms with Crippen molar-refractivity contribution in [2.24, 2.45) is 5.92 Å². The summed E-state index contributed by atoms with van der Waals surface area (Å²) in [5.74, 6) is -0.280. The van der Waals surface area contributed by atoms with Gasteiger partial charge in [0.15, 0.2) is 9.84 Å². The van der Waals surface area contributed by atoms with Gasteiger partial charge in [-0.25, -0.2) is 13.2 Å². The molecular formula is C22H29N3O5S. The summed E-state index contributed by atoms with van der Waals surface area (Å²) in [4.78, 5) is 41.5. The number of amides is 4. The molecule has 1 N–H and O–H groups in total. The number of rotatable bonds is 5. The Hall–Kier alpha value is -2.42. The van der Waals surface area contributed by atoms with E-state index in [2.05, 4.69) is 12.2 Å². The number of carbonyl (C=O) groups excluding carboxylic acids is 3. The highest BCUT2D eigenvalue weighted by atomic mass is 32.2. The van der Waals surface area contributed by atoms with E-state index in [0.717, 1.165) is 23.3 Å². The molecule has 4 amide bonds. The van der Waals surface area contributed by atoms with Gasteiger partial charge in [0.1, 0.15) is 12.1 Å². The van der Waals surface area contributed by atoms with Crippen LogP contribution in [0.3, 0.4) is 0 Å². The van der Waals surface area contributed by atoms with Crippen LogP contribution >= 0.6 is 0 Å². The minimum atomic E-state index is -3.20. The van der Waals surface area contributed by atoms with Gasteiger partial charge >= 0.3 is 6.03 Å². The second-order valence-corrected chi connectivity index (χ2v) is 11.4. The van der Waals surface area contributed by atoms with Gasteiger partial charge < -0.3 is 10.2 Å². The number of sulfone groups is 1. The number of nitrogens with one attached hydrogen (secondary N) is 1. The Balaban J connectivity index is 1.52. The number of hydrogen-bond acceptors (Lipinski definition) is 5. The maximum absolute atomic E-state index is 13.3. The average molecular weight is 448 g/mol. The van der Waals surface area contributed by atoms with Crippen LogP contribution in [0.25, 0.3) is 0 Å². The molecule has 2 heterocycles. The van der Waals surface area contributed by atoms with E-state index in [1.165, 1.54) is 4.90 Å². The molecule has 1 aliphatic carbocycles. The molecule has 9 heteroatoms. The fourth-order valence-electron chi connectivity index (χ4n) is 4.86. The van der Waals surface area contributed by atoms with Crippen molar-refractivity contribution in [3.05, 3.63) is 35.9 Å². The predicted molar refractivity (Wildman–Crippen MR) is 115 cm³/mol. The Morgan fingerprint density at radius 3 is 2.45 bits per heavy atom. The first kappa shape index (κ1) is 21.8. The van der Waals surface area contributed by atoms with Crippen LogP contribution in [-0.4, -0.2) is 65.7 Å². The molecule has 2 saturated heterocycles. The Morgan fingerprint density at radius 1 is 1.16 bits per heavy atom. The van der Waals surface area contributed by atoms with Crippen molar-refractivity contribution in [3.8, 4) is 0 Å². The molecular weight excluding hydrogens is 418 g/mol. The summed E-state index contributed by atoms with van der Waals surface area (Å²) in [5, 5.41) is 2.84. The van der Waals surface area contributed by atoms with Crippen LogP contribution in [0.1, 0.15) is 44.6 Å². The second kappa shape index (κ2) is 8.26. The molecule has 1 aromatic rings. The van der Waals surface area contributed by atoms with Crippen molar-refractivity contribution >= 4 is 27.7 Å². The van der Waals surface area contributed by atoms with E-state index in [1.807, 2.05) is 30.3 Å². The Morgan fingerprint density at radius 2 is 1.84 bits per heavy atom. The number of benzene rings is 1. The smallest absolute Gasteiger partial charge is 0.325 e. The molecule has 4 rings (SSSR count). The van der Waals surface area contributed by atoms with Crippen LogP contribution in [0.4, 0.5) is 4.79 Å². The van der Waals surface area contributed by atoms with E-state index < -0.39 is 33.4 Å². The van der Waals surface area contributed by atoms with Gasteiger partial charge in [-0.3, -0.25) is 14.5 Å². The molecule has 0 bridgehead atoms. The molecule has 1 unspecified atom stereocenters. The Labute approximate surface area is 182 Å². The van der Waals surface area contributed by atoms with E-state index in [9.17, 15) is 22.8 Å². The summed E-state index contributed by atoms with van der Waals surface area (Å²) < 4.78 is 24.1. The maximum atomic E-state index is 13.3. The van der Waals surface area contributed by atoms with Crippen LogP contribution in [0.5, 0.6) is 0 Å². The lowest BCUT2D eigenvalue weighted by Gasteiger charge is -2.34. The molecule has 8 nitrogen and oxygen atoms in total. The van der Waals surface area contributed by atoms with Crippen LogP contribution in [0, 0.1) is 5.92 Å². The van der Waals surface area contributed by atoms with Gasteiger partial charge in [0.05, 0.1) is 11.5 Å². The quantitative estimate of drug-likeness (QED) is 0.692. The zero-order chi connectivity index (χ0) is 22.2. The lowest BCUT2D eigenvalue weighted by molar-refractivity contribution is -0.141. The summed E-state index contributed by atoms with van der Waals surface area (Å²) in [6.45, 7) is 2.00. The van der Waals surface area contributed by atoms with E-state index >= 15 is 0 Å². The summed E-state index contributed by atoms with van der Waals surface area (Å²) in [6, 6.07) is 8.33. The molecule has 1 spiro atoms. The van der Waals surface area contributed by atoms with Gasteiger partial charge in [0.2, 0.25) is 5.91 Å². The van der Waals surface area contributed by atoms with Crippen LogP contribution < -0.4 is 5.32 Å². The van der Waals surface area contributed by atoms with Crippen LogP contribution in [0.2, 0.25) is 0 Å². The first-order valence-electron chi connectivity index (χ1n) is 10.9. The molecule has 0 aromatic heterocycles. The van der Waals surface area contributed by atoms with Gasteiger partial charge in [-0.05, 0) is 43.6 Å². The highest BCUT2D eigenvalue weighted by Gasteiger charge is 2.52. The zero-order valence-corrected chi connectivity index (χ0v) is 18.6. The van der Waals surface area contributed by atoms with Gasteiger partial charge in [-0.2, -0.15) is 0 Å². The summed E-state index contributed by atoms with van der Waals surface area (Å²) in [7, 11) is -3.20. The number of urea groups is 1. The standard InChI is InChI=1S/C22H29N3O5S/c1-16-7-10-22(11-8-16)20(27)25(21(28)23-22)14-19(26)24(13-17-5-3-2-4-6-17)18-9-12-31(29,30)15-18/h2-6,16,18H,7-15H2,1H3,(H,23,28).